The highest BCUT2D eigenvalue weighted by Gasteiger charge is 2.30. The van der Waals surface area contributed by atoms with Crippen LogP contribution in [0.15, 0.2) is 18.2 Å². The Bertz CT molecular complexity index is 618. The average Bonchev–Trinajstić information content (AvgIpc) is 2.89. The smallest absolute Gasteiger partial charge is 0.329 e. The van der Waals surface area contributed by atoms with Gasteiger partial charge in [-0.1, -0.05) is 6.07 Å². The van der Waals surface area contributed by atoms with Gasteiger partial charge in [0.1, 0.15) is 11.9 Å². The van der Waals surface area contributed by atoms with Crippen LogP contribution in [0.4, 0.5) is 10.1 Å². The van der Waals surface area contributed by atoms with Gasteiger partial charge in [0.25, 0.3) is 5.91 Å². The van der Waals surface area contributed by atoms with Crippen molar-refractivity contribution >= 4 is 23.5 Å². The lowest BCUT2D eigenvalue weighted by Gasteiger charge is -2.16. The van der Waals surface area contributed by atoms with E-state index in [0.29, 0.717) is 12.0 Å². The highest BCUT2D eigenvalue weighted by molar-refractivity contribution is 5.96. The maximum Gasteiger partial charge on any atom is 0.329 e. The van der Waals surface area contributed by atoms with Gasteiger partial charge in [0.05, 0.1) is 0 Å². The molecule has 2 atom stereocenters. The van der Waals surface area contributed by atoms with Crippen molar-refractivity contribution in [1.82, 2.24) is 5.32 Å². The van der Waals surface area contributed by atoms with E-state index >= 15 is 0 Å². The van der Waals surface area contributed by atoms with E-state index in [0.717, 1.165) is 0 Å². The third-order valence-electron chi connectivity index (χ3n) is 3.38. The Labute approximate surface area is 127 Å². The Kier molecular flexibility index (Phi) is 4.75. The topological polar surface area (TPSA) is 84.5 Å². The molecule has 22 heavy (non-hydrogen) atoms. The van der Waals surface area contributed by atoms with Gasteiger partial charge in [-0.3, -0.25) is 9.59 Å². The number of nitrogens with one attached hydrogen (secondary N) is 2. The van der Waals surface area contributed by atoms with Gasteiger partial charge in [0, 0.05) is 12.1 Å². The van der Waals surface area contributed by atoms with Crippen LogP contribution in [0.2, 0.25) is 0 Å². The lowest BCUT2D eigenvalue weighted by atomic mass is 10.2. The molecule has 1 fully saturated rings. The van der Waals surface area contributed by atoms with Crippen LogP contribution in [0.1, 0.15) is 25.3 Å². The second kappa shape index (κ2) is 6.55. The number of aryl methyl sites for hydroxylation is 1. The molecule has 1 aliphatic rings. The van der Waals surface area contributed by atoms with Crippen molar-refractivity contribution in [2.45, 2.75) is 38.8 Å². The molecule has 1 aromatic rings. The normalized spacial score (nSPS) is 18.5. The number of hydrogen-bond donors (Lipinski definition) is 2. The fourth-order valence-electron chi connectivity index (χ4n) is 2.02. The summed E-state index contributed by atoms with van der Waals surface area (Å²) in [6.45, 7) is 3.02. The van der Waals surface area contributed by atoms with Crippen LogP contribution < -0.4 is 10.6 Å². The predicted octanol–water partition coefficient (Wildman–Crippen LogP) is 1.28. The first-order chi connectivity index (χ1) is 10.4. The van der Waals surface area contributed by atoms with E-state index in [2.05, 4.69) is 10.6 Å². The molecule has 1 heterocycles. The predicted molar refractivity (Wildman–Crippen MR) is 76.5 cm³/mol. The summed E-state index contributed by atoms with van der Waals surface area (Å²) in [5, 5.41) is 4.94. The number of esters is 1. The molecule has 0 spiro atoms. The van der Waals surface area contributed by atoms with E-state index in [-0.39, 0.29) is 18.0 Å². The van der Waals surface area contributed by atoms with E-state index in [1.165, 1.54) is 19.1 Å². The zero-order chi connectivity index (χ0) is 16.3. The molecule has 0 saturated carbocycles. The fourth-order valence-corrected chi connectivity index (χ4v) is 2.02. The molecular formula is C15H17FN2O4. The van der Waals surface area contributed by atoms with Crippen molar-refractivity contribution in [1.29, 1.82) is 0 Å². The number of carbonyl (C=O) groups is 3. The monoisotopic (exact) mass is 308 g/mol. The molecule has 1 aromatic carbocycles. The van der Waals surface area contributed by atoms with Crippen molar-refractivity contribution in [3.8, 4) is 0 Å². The number of amides is 2. The molecule has 0 unspecified atom stereocenters. The Morgan fingerprint density at radius 3 is 2.77 bits per heavy atom. The Hall–Kier alpha value is -2.44. The Morgan fingerprint density at radius 2 is 2.18 bits per heavy atom. The molecule has 6 nitrogen and oxygen atoms in total. The highest BCUT2D eigenvalue weighted by atomic mass is 19.1. The third kappa shape index (κ3) is 3.81. The molecule has 0 aliphatic carbocycles. The Balaban J connectivity index is 1.90. The SMILES string of the molecule is Cc1ccc(NC(=O)[C@H](C)OC(=O)[C@H]2CCC(=O)N2)cc1F. The molecule has 118 valence electrons. The number of halogens is 1. The highest BCUT2D eigenvalue weighted by Crippen LogP contribution is 2.15. The minimum atomic E-state index is -1.05. The van der Waals surface area contributed by atoms with Crippen LogP contribution in [0, 0.1) is 12.7 Å². The van der Waals surface area contributed by atoms with Crippen molar-refractivity contribution < 1.29 is 23.5 Å². The summed E-state index contributed by atoms with van der Waals surface area (Å²) in [5.74, 6) is -1.87. The van der Waals surface area contributed by atoms with E-state index in [1.807, 2.05) is 0 Å². The molecule has 0 radical (unpaired) electrons. The number of hydrogen-bond acceptors (Lipinski definition) is 4. The molecule has 1 saturated heterocycles. The lowest BCUT2D eigenvalue weighted by Crippen LogP contribution is -2.39. The number of carbonyl (C=O) groups excluding carboxylic acids is 3. The Morgan fingerprint density at radius 1 is 1.45 bits per heavy atom. The second-order valence-electron chi connectivity index (χ2n) is 5.19. The first-order valence-corrected chi connectivity index (χ1v) is 6.93. The largest absolute Gasteiger partial charge is 0.451 e. The van der Waals surface area contributed by atoms with Gasteiger partial charge in [-0.25, -0.2) is 9.18 Å². The number of anilines is 1. The maximum atomic E-state index is 13.4. The summed E-state index contributed by atoms with van der Waals surface area (Å²) in [7, 11) is 0. The zero-order valence-corrected chi connectivity index (χ0v) is 12.3. The molecule has 2 N–H and O–H groups in total. The van der Waals surface area contributed by atoms with Gasteiger partial charge in [-0.15, -0.1) is 0 Å². The van der Waals surface area contributed by atoms with Crippen LogP contribution >= 0.6 is 0 Å². The maximum absolute atomic E-state index is 13.4. The van der Waals surface area contributed by atoms with Gasteiger partial charge in [0.15, 0.2) is 6.10 Å². The fraction of sp³-hybridized carbons (Fsp3) is 0.400. The average molecular weight is 308 g/mol. The van der Waals surface area contributed by atoms with Gasteiger partial charge in [-0.2, -0.15) is 0 Å². The summed E-state index contributed by atoms with van der Waals surface area (Å²) in [5.41, 5.74) is 0.750. The molecule has 2 amide bonds. The quantitative estimate of drug-likeness (QED) is 0.821. The van der Waals surface area contributed by atoms with Crippen molar-refractivity contribution in [2.75, 3.05) is 5.32 Å². The summed E-state index contributed by atoms with van der Waals surface area (Å²) in [4.78, 5) is 34.7. The van der Waals surface area contributed by atoms with Crippen molar-refractivity contribution in [3.05, 3.63) is 29.6 Å². The molecular weight excluding hydrogens is 291 g/mol. The van der Waals surface area contributed by atoms with Crippen LogP contribution in [0.3, 0.4) is 0 Å². The standard InChI is InChI=1S/C15H17FN2O4/c1-8-3-4-10(7-11(8)16)17-14(20)9(2)22-15(21)12-5-6-13(19)18-12/h3-4,7,9,12H,5-6H2,1-2H3,(H,17,20)(H,18,19)/t9-,12+/m0/s1. The first-order valence-electron chi connectivity index (χ1n) is 6.93. The van der Waals surface area contributed by atoms with Crippen LogP contribution in [-0.4, -0.2) is 29.9 Å². The van der Waals surface area contributed by atoms with Crippen LogP contribution in [0.5, 0.6) is 0 Å². The first kappa shape index (κ1) is 15.9. The van der Waals surface area contributed by atoms with Crippen molar-refractivity contribution in [2.24, 2.45) is 0 Å². The number of benzene rings is 1. The minimum absolute atomic E-state index is 0.214. The summed E-state index contributed by atoms with van der Waals surface area (Å²) in [6.07, 6.45) is -0.424. The van der Waals surface area contributed by atoms with Crippen molar-refractivity contribution in [3.63, 3.8) is 0 Å². The third-order valence-corrected chi connectivity index (χ3v) is 3.38. The number of rotatable bonds is 4. The van der Waals surface area contributed by atoms with E-state index in [9.17, 15) is 18.8 Å². The van der Waals surface area contributed by atoms with Gasteiger partial charge in [-0.05, 0) is 38.0 Å². The molecule has 0 bridgehead atoms. The van der Waals surface area contributed by atoms with E-state index < -0.39 is 29.8 Å². The molecule has 2 rings (SSSR count). The number of ether oxygens (including phenoxy) is 1. The van der Waals surface area contributed by atoms with Crippen LogP contribution in [-0.2, 0) is 19.1 Å². The van der Waals surface area contributed by atoms with E-state index in [1.54, 1.807) is 13.0 Å². The summed E-state index contributed by atoms with van der Waals surface area (Å²) >= 11 is 0. The van der Waals surface area contributed by atoms with Gasteiger partial charge < -0.3 is 15.4 Å². The molecule has 0 aromatic heterocycles. The summed E-state index contributed by atoms with van der Waals surface area (Å²) < 4.78 is 18.4. The van der Waals surface area contributed by atoms with Gasteiger partial charge in [0.2, 0.25) is 5.91 Å². The minimum Gasteiger partial charge on any atom is -0.451 e. The summed E-state index contributed by atoms with van der Waals surface area (Å²) in [6, 6.07) is 3.58. The van der Waals surface area contributed by atoms with E-state index in [4.69, 9.17) is 4.74 Å². The second-order valence-corrected chi connectivity index (χ2v) is 5.19. The van der Waals surface area contributed by atoms with Crippen LogP contribution in [0.25, 0.3) is 0 Å². The molecule has 1 aliphatic heterocycles. The lowest BCUT2D eigenvalue weighted by molar-refractivity contribution is -0.155. The molecule has 7 heteroatoms. The zero-order valence-electron chi connectivity index (χ0n) is 12.3. The van der Waals surface area contributed by atoms with Gasteiger partial charge >= 0.3 is 5.97 Å².